The van der Waals surface area contributed by atoms with E-state index < -0.39 is 11.6 Å². The summed E-state index contributed by atoms with van der Waals surface area (Å²) in [6.45, 7) is 1.65. The van der Waals surface area contributed by atoms with E-state index >= 15 is 0 Å². The minimum Gasteiger partial charge on any atom is -0.497 e. The molecule has 0 radical (unpaired) electrons. The molecule has 180 valence electrons. The van der Waals surface area contributed by atoms with Crippen LogP contribution >= 0.6 is 11.8 Å². The normalized spacial score (nSPS) is 16.9. The number of anilines is 1. The van der Waals surface area contributed by atoms with Crippen LogP contribution in [0.15, 0.2) is 71.6 Å². The summed E-state index contributed by atoms with van der Waals surface area (Å²) in [7, 11) is 3.21. The molecule has 1 fully saturated rings. The first-order valence-electron chi connectivity index (χ1n) is 10.8. The Kier molecular flexibility index (Phi) is 6.97. The molecule has 0 bridgehead atoms. The van der Waals surface area contributed by atoms with Crippen LogP contribution in [0.25, 0.3) is 11.1 Å². The van der Waals surface area contributed by atoms with Gasteiger partial charge in [0.1, 0.15) is 17.0 Å². The second-order valence-electron chi connectivity index (χ2n) is 8.12. The molecule has 1 aliphatic heterocycles. The SMILES string of the molecule is COc1ccc(-c2cc(NC(=O)c3ccccc3SC[C@]3(C)NC(=O)NC3=O)ccc2OC)cc1. The molecule has 1 atom stereocenters. The molecule has 3 N–H and O–H groups in total. The summed E-state index contributed by atoms with van der Waals surface area (Å²) in [4.78, 5) is 37.5. The van der Waals surface area contributed by atoms with Crippen LogP contribution < -0.4 is 25.4 Å². The van der Waals surface area contributed by atoms with E-state index in [2.05, 4.69) is 16.0 Å². The van der Waals surface area contributed by atoms with Crippen LogP contribution in [0, 0.1) is 0 Å². The van der Waals surface area contributed by atoms with Crippen LogP contribution in [-0.2, 0) is 4.79 Å². The average Bonchev–Trinajstić information content (AvgIpc) is 3.13. The monoisotopic (exact) mass is 491 g/mol. The average molecular weight is 492 g/mol. The number of thioether (sulfide) groups is 1. The summed E-state index contributed by atoms with van der Waals surface area (Å²) in [5.74, 6) is 1.02. The van der Waals surface area contributed by atoms with Crippen molar-refractivity contribution in [2.45, 2.75) is 17.4 Å². The summed E-state index contributed by atoms with van der Waals surface area (Å²) in [5.41, 5.74) is 1.77. The van der Waals surface area contributed by atoms with Crippen molar-refractivity contribution in [3.05, 3.63) is 72.3 Å². The van der Waals surface area contributed by atoms with Gasteiger partial charge in [0, 0.05) is 21.9 Å². The lowest BCUT2D eigenvalue weighted by molar-refractivity contribution is -0.122. The third kappa shape index (κ3) is 5.25. The number of amides is 4. The van der Waals surface area contributed by atoms with Gasteiger partial charge in [0.2, 0.25) is 0 Å². The number of hydrogen-bond donors (Lipinski definition) is 3. The zero-order chi connectivity index (χ0) is 25.0. The van der Waals surface area contributed by atoms with E-state index in [1.54, 1.807) is 45.4 Å². The van der Waals surface area contributed by atoms with Crippen molar-refractivity contribution in [2.24, 2.45) is 0 Å². The van der Waals surface area contributed by atoms with Crippen molar-refractivity contribution in [3.63, 3.8) is 0 Å². The highest BCUT2D eigenvalue weighted by molar-refractivity contribution is 7.99. The van der Waals surface area contributed by atoms with E-state index in [0.717, 1.165) is 16.9 Å². The van der Waals surface area contributed by atoms with E-state index in [1.165, 1.54) is 11.8 Å². The lowest BCUT2D eigenvalue weighted by atomic mass is 10.0. The number of carbonyl (C=O) groups is 3. The van der Waals surface area contributed by atoms with Gasteiger partial charge in [-0.1, -0.05) is 24.3 Å². The van der Waals surface area contributed by atoms with Crippen molar-refractivity contribution in [1.29, 1.82) is 0 Å². The third-order valence-electron chi connectivity index (χ3n) is 5.62. The molecule has 8 nitrogen and oxygen atoms in total. The molecule has 0 spiro atoms. The molecule has 0 unspecified atom stereocenters. The second kappa shape index (κ2) is 10.1. The highest BCUT2D eigenvalue weighted by Gasteiger charge is 2.41. The number of nitrogens with one attached hydrogen (secondary N) is 3. The van der Waals surface area contributed by atoms with E-state index in [9.17, 15) is 14.4 Å². The highest BCUT2D eigenvalue weighted by Crippen LogP contribution is 2.34. The van der Waals surface area contributed by atoms with Gasteiger partial charge in [0.15, 0.2) is 0 Å². The minimum absolute atomic E-state index is 0.277. The predicted octanol–water partition coefficient (Wildman–Crippen LogP) is 4.31. The number of urea groups is 1. The summed E-state index contributed by atoms with van der Waals surface area (Å²) in [6, 6.07) is 19.6. The molecule has 0 aliphatic carbocycles. The number of hydrogen-bond acceptors (Lipinski definition) is 6. The van der Waals surface area contributed by atoms with Gasteiger partial charge in [-0.3, -0.25) is 14.9 Å². The van der Waals surface area contributed by atoms with Gasteiger partial charge in [-0.05, 0) is 55.0 Å². The van der Waals surface area contributed by atoms with E-state index in [1.807, 2.05) is 42.5 Å². The number of benzene rings is 3. The quantitative estimate of drug-likeness (QED) is 0.320. The molecule has 35 heavy (non-hydrogen) atoms. The Morgan fingerprint density at radius 2 is 1.74 bits per heavy atom. The maximum Gasteiger partial charge on any atom is 0.322 e. The van der Waals surface area contributed by atoms with Crippen molar-refractivity contribution < 1.29 is 23.9 Å². The van der Waals surface area contributed by atoms with Gasteiger partial charge < -0.3 is 20.1 Å². The van der Waals surface area contributed by atoms with Crippen LogP contribution in [0.2, 0.25) is 0 Å². The minimum atomic E-state index is -1.05. The number of ether oxygens (including phenoxy) is 2. The smallest absolute Gasteiger partial charge is 0.322 e. The lowest BCUT2D eigenvalue weighted by Crippen LogP contribution is -2.46. The molecule has 3 aromatic rings. The Morgan fingerprint density at radius 3 is 2.40 bits per heavy atom. The van der Waals surface area contributed by atoms with Gasteiger partial charge in [0.05, 0.1) is 19.8 Å². The first-order chi connectivity index (χ1) is 16.8. The molecule has 1 aliphatic rings. The predicted molar refractivity (Wildman–Crippen MR) is 135 cm³/mol. The van der Waals surface area contributed by atoms with Crippen LogP contribution in [0.1, 0.15) is 17.3 Å². The first-order valence-corrected chi connectivity index (χ1v) is 11.8. The van der Waals surface area contributed by atoms with Crippen LogP contribution in [0.5, 0.6) is 11.5 Å². The Bertz CT molecular complexity index is 1280. The molecule has 4 amide bonds. The van der Waals surface area contributed by atoms with Crippen molar-refractivity contribution in [1.82, 2.24) is 10.6 Å². The fourth-order valence-electron chi connectivity index (χ4n) is 3.66. The Hall–Kier alpha value is -3.98. The molecule has 9 heteroatoms. The Balaban J connectivity index is 1.54. The first kappa shape index (κ1) is 24.2. The summed E-state index contributed by atoms with van der Waals surface area (Å²) < 4.78 is 10.8. The van der Waals surface area contributed by atoms with Crippen LogP contribution in [0.4, 0.5) is 10.5 Å². The van der Waals surface area contributed by atoms with Crippen molar-refractivity contribution >= 4 is 35.3 Å². The molecule has 3 aromatic carbocycles. The standard InChI is InChI=1S/C26H25N3O5S/c1-26(24(31)28-25(32)29-26)15-35-22-7-5-4-6-19(22)23(30)27-17-10-13-21(34-3)20(14-17)16-8-11-18(33-2)12-9-16/h4-14H,15H2,1-3H3,(H,27,30)(H2,28,29,31,32)/t26-/m0/s1. The largest absolute Gasteiger partial charge is 0.497 e. The van der Waals surface area contributed by atoms with Gasteiger partial charge in [0.25, 0.3) is 11.8 Å². The van der Waals surface area contributed by atoms with Gasteiger partial charge >= 0.3 is 6.03 Å². The second-order valence-corrected chi connectivity index (χ2v) is 9.14. The summed E-state index contributed by atoms with van der Waals surface area (Å²) in [5, 5.41) is 7.84. The topological polar surface area (TPSA) is 106 Å². The Morgan fingerprint density at radius 1 is 1.00 bits per heavy atom. The molecular formula is C26H25N3O5S. The number of rotatable bonds is 8. The van der Waals surface area contributed by atoms with Crippen LogP contribution in [0.3, 0.4) is 0 Å². The van der Waals surface area contributed by atoms with Crippen molar-refractivity contribution in [2.75, 3.05) is 25.3 Å². The van der Waals surface area contributed by atoms with Crippen LogP contribution in [-0.4, -0.2) is 43.4 Å². The molecule has 4 rings (SSSR count). The van der Waals surface area contributed by atoms with Gasteiger partial charge in [-0.15, -0.1) is 11.8 Å². The number of carbonyl (C=O) groups excluding carboxylic acids is 3. The van der Waals surface area contributed by atoms with E-state index in [-0.39, 0.29) is 17.6 Å². The third-order valence-corrected chi connectivity index (χ3v) is 7.01. The summed E-state index contributed by atoms with van der Waals surface area (Å²) in [6.07, 6.45) is 0. The fraction of sp³-hybridized carbons (Fsp3) is 0.192. The fourth-order valence-corrected chi connectivity index (χ4v) is 4.80. The Labute approximate surface area is 207 Å². The van der Waals surface area contributed by atoms with Gasteiger partial charge in [-0.25, -0.2) is 4.79 Å². The lowest BCUT2D eigenvalue weighted by Gasteiger charge is -2.20. The molecule has 1 heterocycles. The number of methoxy groups -OCH3 is 2. The molecule has 0 aromatic heterocycles. The highest BCUT2D eigenvalue weighted by atomic mass is 32.2. The van der Waals surface area contributed by atoms with E-state index in [4.69, 9.17) is 9.47 Å². The van der Waals surface area contributed by atoms with E-state index in [0.29, 0.717) is 21.9 Å². The molecule has 1 saturated heterocycles. The molecular weight excluding hydrogens is 466 g/mol. The summed E-state index contributed by atoms with van der Waals surface area (Å²) >= 11 is 1.33. The molecule has 0 saturated carbocycles. The maximum absolute atomic E-state index is 13.2. The maximum atomic E-state index is 13.2. The zero-order valence-electron chi connectivity index (χ0n) is 19.5. The van der Waals surface area contributed by atoms with Crippen molar-refractivity contribution in [3.8, 4) is 22.6 Å². The number of imide groups is 1. The van der Waals surface area contributed by atoms with Gasteiger partial charge in [-0.2, -0.15) is 0 Å². The zero-order valence-corrected chi connectivity index (χ0v) is 20.3.